The number of fused-ring (bicyclic) bond motifs is 1. The average molecular weight is 420 g/mol. The van der Waals surface area contributed by atoms with Crippen LogP contribution < -0.4 is 5.32 Å². The molecule has 0 bridgehead atoms. The summed E-state index contributed by atoms with van der Waals surface area (Å²) >= 11 is 1.16. The summed E-state index contributed by atoms with van der Waals surface area (Å²) in [5.74, 6) is -0.338. The molecule has 4 rings (SSSR count). The molecule has 1 atom stereocenters. The van der Waals surface area contributed by atoms with E-state index in [1.54, 1.807) is 36.0 Å². The van der Waals surface area contributed by atoms with Crippen molar-refractivity contribution in [1.29, 1.82) is 0 Å². The lowest BCUT2D eigenvalue weighted by Gasteiger charge is -2.22. The van der Waals surface area contributed by atoms with Crippen molar-refractivity contribution in [1.82, 2.24) is 19.1 Å². The van der Waals surface area contributed by atoms with E-state index in [1.165, 1.54) is 4.31 Å². The third kappa shape index (κ3) is 3.31. The molecular weight excluding hydrogens is 398 g/mol. The second-order valence-corrected chi connectivity index (χ2v) is 10.1. The van der Waals surface area contributed by atoms with Crippen LogP contribution in [0.5, 0.6) is 0 Å². The predicted molar refractivity (Wildman–Crippen MR) is 108 cm³/mol. The standard InChI is InChI=1S/C18H21N5O3S2/c1-12(2)23-17-13(10-20-23)9-14(11-19-17)21-18(24)15-5-3-7-22(15)28(25,26)16-6-4-8-27-16/h4,6,8-12,15H,3,5,7H2,1-2H3,(H,21,24). The molecule has 1 aliphatic rings. The first-order chi connectivity index (χ1) is 13.4. The molecule has 3 aromatic rings. The molecule has 8 nitrogen and oxygen atoms in total. The van der Waals surface area contributed by atoms with Gasteiger partial charge in [-0.1, -0.05) is 6.07 Å². The molecule has 10 heteroatoms. The first kappa shape index (κ1) is 19.0. The van der Waals surface area contributed by atoms with E-state index in [2.05, 4.69) is 15.4 Å². The Kier molecular flexibility index (Phi) is 4.94. The lowest BCUT2D eigenvalue weighted by Crippen LogP contribution is -2.42. The van der Waals surface area contributed by atoms with Gasteiger partial charge in [0.1, 0.15) is 10.3 Å². The molecule has 28 heavy (non-hydrogen) atoms. The number of hydrogen-bond acceptors (Lipinski definition) is 6. The molecule has 0 spiro atoms. The van der Waals surface area contributed by atoms with Crippen molar-refractivity contribution >= 4 is 44.0 Å². The minimum Gasteiger partial charge on any atom is -0.323 e. The number of nitrogens with zero attached hydrogens (tertiary/aromatic N) is 4. The summed E-state index contributed by atoms with van der Waals surface area (Å²) in [6.07, 6.45) is 4.44. The van der Waals surface area contributed by atoms with E-state index in [0.29, 0.717) is 25.1 Å². The molecule has 148 valence electrons. The summed E-state index contributed by atoms with van der Waals surface area (Å²) in [7, 11) is -3.66. The van der Waals surface area contributed by atoms with Crippen LogP contribution in [-0.4, -0.2) is 46.0 Å². The fourth-order valence-corrected chi connectivity index (χ4v) is 6.20. The van der Waals surface area contributed by atoms with Gasteiger partial charge in [-0.2, -0.15) is 9.40 Å². The van der Waals surface area contributed by atoms with Crippen LogP contribution in [0.15, 0.2) is 40.2 Å². The third-order valence-electron chi connectivity index (χ3n) is 4.75. The minimum atomic E-state index is -3.66. The number of carbonyl (C=O) groups is 1. The molecule has 0 radical (unpaired) electrons. The van der Waals surface area contributed by atoms with Crippen molar-refractivity contribution in [2.24, 2.45) is 0 Å². The van der Waals surface area contributed by atoms with Crippen LogP contribution in [0.4, 0.5) is 5.69 Å². The molecule has 1 amide bonds. The lowest BCUT2D eigenvalue weighted by atomic mass is 10.2. The highest BCUT2D eigenvalue weighted by Crippen LogP contribution is 2.29. The summed E-state index contributed by atoms with van der Waals surface area (Å²) in [6, 6.07) is 4.53. The highest BCUT2D eigenvalue weighted by atomic mass is 32.2. The molecule has 1 fully saturated rings. The highest BCUT2D eigenvalue weighted by molar-refractivity contribution is 7.91. The van der Waals surface area contributed by atoms with Gasteiger partial charge in [0.25, 0.3) is 10.0 Å². The number of sulfonamides is 1. The normalized spacial score (nSPS) is 18.2. The van der Waals surface area contributed by atoms with Crippen molar-refractivity contribution in [3.63, 3.8) is 0 Å². The molecular formula is C18H21N5O3S2. The minimum absolute atomic E-state index is 0.181. The third-order valence-corrected chi connectivity index (χ3v) is 8.04. The Labute approximate surface area is 167 Å². The maximum absolute atomic E-state index is 12.8. The first-order valence-corrected chi connectivity index (χ1v) is 11.4. The molecule has 0 aliphatic carbocycles. The van der Waals surface area contributed by atoms with E-state index < -0.39 is 16.1 Å². The fraction of sp³-hybridized carbons (Fsp3) is 0.389. The molecule has 1 saturated heterocycles. The zero-order valence-electron chi connectivity index (χ0n) is 15.6. The second kappa shape index (κ2) is 7.26. The monoisotopic (exact) mass is 419 g/mol. The van der Waals surface area contributed by atoms with Gasteiger partial charge in [0, 0.05) is 18.0 Å². The molecule has 1 aliphatic heterocycles. The van der Waals surface area contributed by atoms with Crippen LogP contribution in [0.1, 0.15) is 32.7 Å². The number of rotatable bonds is 5. The van der Waals surface area contributed by atoms with E-state index in [0.717, 1.165) is 22.4 Å². The zero-order chi connectivity index (χ0) is 19.9. The van der Waals surface area contributed by atoms with E-state index in [4.69, 9.17) is 0 Å². The molecule has 4 heterocycles. The Morgan fingerprint density at radius 1 is 1.36 bits per heavy atom. The first-order valence-electron chi connectivity index (χ1n) is 9.07. The van der Waals surface area contributed by atoms with Gasteiger partial charge in [0.05, 0.1) is 18.1 Å². The van der Waals surface area contributed by atoms with Gasteiger partial charge in [-0.15, -0.1) is 11.3 Å². The Balaban J connectivity index is 1.55. The Bertz CT molecular complexity index is 1110. The summed E-state index contributed by atoms with van der Waals surface area (Å²) in [5.41, 5.74) is 1.27. The van der Waals surface area contributed by atoms with Crippen LogP contribution in [0.2, 0.25) is 0 Å². The zero-order valence-corrected chi connectivity index (χ0v) is 17.2. The van der Waals surface area contributed by atoms with E-state index in [-0.39, 0.29) is 16.2 Å². The number of thiophene rings is 1. The predicted octanol–water partition coefficient (Wildman–Crippen LogP) is 2.87. The number of amides is 1. The van der Waals surface area contributed by atoms with Crippen molar-refractivity contribution in [3.05, 3.63) is 36.0 Å². The van der Waals surface area contributed by atoms with Gasteiger partial charge in [0.15, 0.2) is 5.65 Å². The molecule has 0 aromatic carbocycles. The van der Waals surface area contributed by atoms with E-state index >= 15 is 0 Å². The van der Waals surface area contributed by atoms with Gasteiger partial charge in [-0.3, -0.25) is 4.79 Å². The molecule has 0 saturated carbocycles. The number of carbonyl (C=O) groups excluding carboxylic acids is 1. The van der Waals surface area contributed by atoms with Crippen molar-refractivity contribution in [3.8, 4) is 0 Å². The van der Waals surface area contributed by atoms with Crippen LogP contribution >= 0.6 is 11.3 Å². The number of pyridine rings is 1. The smallest absolute Gasteiger partial charge is 0.253 e. The summed E-state index contributed by atoms with van der Waals surface area (Å²) in [6.45, 7) is 4.38. The average Bonchev–Trinajstić information content (AvgIpc) is 3.39. The Morgan fingerprint density at radius 2 is 2.18 bits per heavy atom. The molecule has 3 aromatic heterocycles. The van der Waals surface area contributed by atoms with Crippen molar-refractivity contribution < 1.29 is 13.2 Å². The van der Waals surface area contributed by atoms with Gasteiger partial charge < -0.3 is 5.32 Å². The van der Waals surface area contributed by atoms with Crippen LogP contribution in [0.3, 0.4) is 0 Å². The van der Waals surface area contributed by atoms with E-state index in [9.17, 15) is 13.2 Å². The maximum Gasteiger partial charge on any atom is 0.253 e. The number of aromatic nitrogens is 3. The van der Waals surface area contributed by atoms with Crippen LogP contribution in [-0.2, 0) is 14.8 Å². The van der Waals surface area contributed by atoms with Gasteiger partial charge >= 0.3 is 0 Å². The van der Waals surface area contributed by atoms with Gasteiger partial charge in [0.2, 0.25) is 5.91 Å². The van der Waals surface area contributed by atoms with E-state index in [1.807, 2.05) is 18.5 Å². The van der Waals surface area contributed by atoms with Gasteiger partial charge in [-0.25, -0.2) is 18.1 Å². The topological polar surface area (TPSA) is 97.2 Å². The van der Waals surface area contributed by atoms with Crippen LogP contribution in [0, 0.1) is 0 Å². The second-order valence-electron chi connectivity index (χ2n) is 7.01. The summed E-state index contributed by atoms with van der Waals surface area (Å²) < 4.78 is 29.1. The molecule has 1 unspecified atom stereocenters. The SMILES string of the molecule is CC(C)n1ncc2cc(NC(=O)C3CCCN3S(=O)(=O)c3cccs3)cnc21. The van der Waals surface area contributed by atoms with Crippen molar-refractivity contribution in [2.45, 2.75) is 43.0 Å². The fourth-order valence-electron chi connectivity index (χ4n) is 3.43. The number of anilines is 1. The quantitative estimate of drug-likeness (QED) is 0.686. The van der Waals surface area contributed by atoms with Gasteiger partial charge in [-0.05, 0) is 44.2 Å². The maximum atomic E-state index is 12.8. The summed E-state index contributed by atoms with van der Waals surface area (Å²) in [5, 5.41) is 9.68. The number of nitrogens with one attached hydrogen (secondary N) is 1. The van der Waals surface area contributed by atoms with Crippen molar-refractivity contribution in [2.75, 3.05) is 11.9 Å². The largest absolute Gasteiger partial charge is 0.323 e. The molecule has 1 N–H and O–H groups in total. The highest BCUT2D eigenvalue weighted by Gasteiger charge is 2.39. The Morgan fingerprint density at radius 3 is 2.89 bits per heavy atom. The lowest BCUT2D eigenvalue weighted by molar-refractivity contribution is -0.119. The van der Waals surface area contributed by atoms with Crippen LogP contribution in [0.25, 0.3) is 11.0 Å². The Hall–Kier alpha value is -2.30. The number of hydrogen-bond donors (Lipinski definition) is 1. The summed E-state index contributed by atoms with van der Waals surface area (Å²) in [4.78, 5) is 17.2.